The Bertz CT molecular complexity index is 1200. The van der Waals surface area contributed by atoms with E-state index in [0.29, 0.717) is 14.2 Å². The minimum Gasteiger partial charge on any atom is -0.493 e. The summed E-state index contributed by atoms with van der Waals surface area (Å²) in [5.41, 5.74) is 0.531. The van der Waals surface area contributed by atoms with Gasteiger partial charge in [0.2, 0.25) is 5.88 Å². The Hall–Kier alpha value is -2.78. The minimum atomic E-state index is -4.19. The van der Waals surface area contributed by atoms with Crippen molar-refractivity contribution in [1.29, 1.82) is 0 Å². The van der Waals surface area contributed by atoms with E-state index in [0.717, 1.165) is 11.8 Å². The van der Waals surface area contributed by atoms with Crippen LogP contribution in [0.5, 0.6) is 5.75 Å². The quantitative estimate of drug-likeness (QED) is 0.602. The van der Waals surface area contributed by atoms with Gasteiger partial charge in [-0.3, -0.25) is 0 Å². The van der Waals surface area contributed by atoms with E-state index in [9.17, 15) is 13.5 Å². The van der Waals surface area contributed by atoms with Gasteiger partial charge in [0, 0.05) is 9.86 Å². The zero-order valence-electron chi connectivity index (χ0n) is 14.3. The van der Waals surface area contributed by atoms with Gasteiger partial charge >= 0.3 is 10.2 Å². The first-order valence-corrected chi connectivity index (χ1v) is 10.4. The first-order valence-electron chi connectivity index (χ1n) is 8.16. The molecule has 0 amide bonds. The molecule has 1 heterocycles. The summed E-state index contributed by atoms with van der Waals surface area (Å²) >= 11 is 3.29. The zero-order valence-corrected chi connectivity index (χ0v) is 16.7. The molecule has 0 aromatic heterocycles. The molecule has 3 aromatic carbocycles. The Labute approximate surface area is 169 Å². The number of aliphatic hydroxyl groups excluding tert-OH is 1. The Morgan fingerprint density at radius 1 is 1.14 bits per heavy atom. The van der Waals surface area contributed by atoms with Crippen LogP contribution >= 0.6 is 15.9 Å². The van der Waals surface area contributed by atoms with Crippen LogP contribution in [-0.2, 0) is 16.8 Å². The molecule has 6 nitrogen and oxygen atoms in total. The second-order valence-corrected chi connectivity index (χ2v) is 8.56. The van der Waals surface area contributed by atoms with Crippen molar-refractivity contribution >= 4 is 42.6 Å². The average Bonchev–Trinajstić information content (AvgIpc) is 2.93. The van der Waals surface area contributed by atoms with Crippen molar-refractivity contribution in [3.05, 3.63) is 82.5 Å². The highest BCUT2D eigenvalue weighted by Gasteiger charge is 2.34. The number of benzene rings is 3. The third-order valence-electron chi connectivity index (χ3n) is 4.17. The molecule has 1 aliphatic rings. The van der Waals surface area contributed by atoms with Crippen molar-refractivity contribution in [3.8, 4) is 5.75 Å². The Kier molecular flexibility index (Phi) is 4.64. The number of rotatable bonds is 4. The van der Waals surface area contributed by atoms with E-state index in [2.05, 4.69) is 15.9 Å². The number of hydrogen-bond acceptors (Lipinski definition) is 4. The summed E-state index contributed by atoms with van der Waals surface area (Å²) in [4.78, 5) is 0. The molecule has 0 saturated carbocycles. The van der Waals surface area contributed by atoms with Crippen LogP contribution in [0.25, 0.3) is 10.8 Å². The van der Waals surface area contributed by atoms with E-state index in [-0.39, 0.29) is 23.4 Å². The molecule has 0 bridgehead atoms. The fourth-order valence-electron chi connectivity index (χ4n) is 2.91. The third-order valence-corrected chi connectivity index (χ3v) is 5.94. The van der Waals surface area contributed by atoms with Crippen molar-refractivity contribution in [2.75, 3.05) is 4.31 Å². The Morgan fingerprint density at radius 2 is 1.89 bits per heavy atom. The molecule has 144 valence electrons. The lowest BCUT2D eigenvalue weighted by Gasteiger charge is -2.20. The standard InChI is InChI=1S/C19H14BrFN2O4S/c20-14-7-6-13-8-16(27-11-12-4-2-1-3-5-12)19(18(21)15(13)9-14)23-10-17(24)22-28(23,25)26/h1-10,22,24H,11H2. The lowest BCUT2D eigenvalue weighted by molar-refractivity contribution is 0.306. The Morgan fingerprint density at radius 3 is 2.57 bits per heavy atom. The van der Waals surface area contributed by atoms with Crippen LogP contribution in [0.15, 0.2) is 71.2 Å². The van der Waals surface area contributed by atoms with E-state index in [1.165, 1.54) is 0 Å². The number of hydrogen-bond donors (Lipinski definition) is 2. The van der Waals surface area contributed by atoms with Gasteiger partial charge < -0.3 is 9.84 Å². The van der Waals surface area contributed by atoms with E-state index in [1.54, 1.807) is 24.3 Å². The number of anilines is 1. The molecule has 0 aliphatic carbocycles. The summed E-state index contributed by atoms with van der Waals surface area (Å²) in [7, 11) is -4.19. The summed E-state index contributed by atoms with van der Waals surface area (Å²) in [5, 5.41) is 10.4. The van der Waals surface area contributed by atoms with Crippen molar-refractivity contribution < 1.29 is 22.7 Å². The molecule has 0 spiro atoms. The van der Waals surface area contributed by atoms with Gasteiger partial charge in [-0.2, -0.15) is 8.42 Å². The molecule has 3 aromatic rings. The van der Waals surface area contributed by atoms with Gasteiger partial charge in [-0.25, -0.2) is 13.4 Å². The molecule has 4 rings (SSSR count). The van der Waals surface area contributed by atoms with E-state index >= 15 is 4.39 Å². The fraction of sp³-hybridized carbons (Fsp3) is 0.0526. The van der Waals surface area contributed by atoms with Gasteiger partial charge in [-0.1, -0.05) is 52.3 Å². The molecule has 0 atom stereocenters. The highest BCUT2D eigenvalue weighted by atomic mass is 79.9. The van der Waals surface area contributed by atoms with Crippen LogP contribution in [0.1, 0.15) is 5.56 Å². The van der Waals surface area contributed by atoms with Crippen LogP contribution in [0, 0.1) is 5.82 Å². The maximum absolute atomic E-state index is 15.4. The van der Waals surface area contributed by atoms with Crippen LogP contribution < -0.4 is 13.8 Å². The summed E-state index contributed by atoms with van der Waals surface area (Å²) < 4.78 is 49.0. The number of nitrogens with zero attached hydrogens (tertiary/aromatic N) is 1. The first-order chi connectivity index (χ1) is 13.3. The number of halogens is 2. The van der Waals surface area contributed by atoms with Gasteiger partial charge in [0.25, 0.3) is 0 Å². The SMILES string of the molecule is O=S1(=O)NC(O)=CN1c1c(OCc2ccccc2)cc2ccc(Br)cc2c1F. The topological polar surface area (TPSA) is 78.9 Å². The maximum atomic E-state index is 15.4. The van der Waals surface area contributed by atoms with Crippen LogP contribution in [0.2, 0.25) is 0 Å². The second kappa shape index (κ2) is 6.99. The summed E-state index contributed by atoms with van der Waals surface area (Å²) in [6.45, 7) is 0.117. The smallest absolute Gasteiger partial charge is 0.330 e. The predicted molar refractivity (Wildman–Crippen MR) is 108 cm³/mol. The molecular formula is C19H14BrFN2O4S. The maximum Gasteiger partial charge on any atom is 0.330 e. The third kappa shape index (κ3) is 3.38. The number of nitrogens with one attached hydrogen (secondary N) is 1. The minimum absolute atomic E-state index is 0.0347. The van der Waals surface area contributed by atoms with Crippen molar-refractivity contribution in [2.45, 2.75) is 6.61 Å². The highest BCUT2D eigenvalue weighted by Crippen LogP contribution is 2.40. The molecular weight excluding hydrogens is 451 g/mol. The van der Waals surface area contributed by atoms with Gasteiger partial charge in [0.1, 0.15) is 18.0 Å². The molecule has 0 radical (unpaired) electrons. The van der Waals surface area contributed by atoms with E-state index in [1.807, 2.05) is 35.1 Å². The fourth-order valence-corrected chi connectivity index (χ4v) is 4.34. The van der Waals surface area contributed by atoms with E-state index in [4.69, 9.17) is 4.74 Å². The van der Waals surface area contributed by atoms with Crippen LogP contribution in [0.4, 0.5) is 10.1 Å². The second-order valence-electron chi connectivity index (χ2n) is 6.09. The Balaban J connectivity index is 1.88. The predicted octanol–water partition coefficient (Wildman–Crippen LogP) is 4.33. The van der Waals surface area contributed by atoms with Gasteiger partial charge in [-0.15, -0.1) is 0 Å². The molecule has 0 fully saturated rings. The molecule has 0 saturated heterocycles. The lowest BCUT2D eigenvalue weighted by atomic mass is 10.1. The summed E-state index contributed by atoms with van der Waals surface area (Å²) in [5.74, 6) is -1.35. The van der Waals surface area contributed by atoms with Crippen molar-refractivity contribution in [3.63, 3.8) is 0 Å². The molecule has 1 aliphatic heterocycles. The normalized spacial score (nSPS) is 15.4. The molecule has 2 N–H and O–H groups in total. The zero-order chi connectivity index (χ0) is 19.9. The van der Waals surface area contributed by atoms with Gasteiger partial charge in [0.05, 0.1) is 6.20 Å². The average molecular weight is 465 g/mol. The van der Waals surface area contributed by atoms with E-state index < -0.39 is 21.9 Å². The van der Waals surface area contributed by atoms with Crippen molar-refractivity contribution in [2.24, 2.45) is 0 Å². The van der Waals surface area contributed by atoms with Gasteiger partial charge in [-0.05, 0) is 29.1 Å². The summed E-state index contributed by atoms with van der Waals surface area (Å²) in [6.07, 6.45) is 0.896. The molecule has 0 unspecified atom stereocenters. The number of ether oxygens (including phenoxy) is 1. The van der Waals surface area contributed by atoms with Crippen molar-refractivity contribution in [1.82, 2.24) is 4.72 Å². The largest absolute Gasteiger partial charge is 0.493 e. The van der Waals surface area contributed by atoms with Crippen LogP contribution in [-0.4, -0.2) is 13.5 Å². The van der Waals surface area contributed by atoms with Crippen LogP contribution in [0.3, 0.4) is 0 Å². The monoisotopic (exact) mass is 464 g/mol. The molecule has 28 heavy (non-hydrogen) atoms. The number of aliphatic hydroxyl groups is 1. The lowest BCUT2D eigenvalue weighted by Crippen LogP contribution is -2.30. The first kappa shape index (κ1) is 18.6. The number of fused-ring (bicyclic) bond motifs is 1. The summed E-state index contributed by atoms with van der Waals surface area (Å²) in [6, 6.07) is 15.8. The van der Waals surface area contributed by atoms with Gasteiger partial charge in [0.15, 0.2) is 5.82 Å². The molecule has 9 heteroatoms. The highest BCUT2D eigenvalue weighted by molar-refractivity contribution is 9.10.